The fourth-order valence-electron chi connectivity index (χ4n) is 3.10. The lowest BCUT2D eigenvalue weighted by Gasteiger charge is -2.30. The molecular weight excluding hydrogens is 322 g/mol. The van der Waals surface area contributed by atoms with Crippen molar-refractivity contribution in [1.29, 1.82) is 0 Å². The zero-order chi connectivity index (χ0) is 18.3. The molecule has 0 aliphatic heterocycles. The molecule has 1 saturated carbocycles. The molecule has 1 aliphatic rings. The highest BCUT2D eigenvalue weighted by Gasteiger charge is 2.42. The molecule has 1 aliphatic carbocycles. The molecule has 1 aromatic carbocycles. The molecule has 1 unspecified atom stereocenters. The van der Waals surface area contributed by atoms with Crippen LogP contribution in [0.3, 0.4) is 0 Å². The highest BCUT2D eigenvalue weighted by Crippen LogP contribution is 2.30. The first-order chi connectivity index (χ1) is 11.9. The third-order valence-electron chi connectivity index (χ3n) is 4.40. The maximum absolute atomic E-state index is 12.6. The van der Waals surface area contributed by atoms with Crippen molar-refractivity contribution in [1.82, 2.24) is 16.0 Å². The molecular formula is C18H25N3O4. The summed E-state index contributed by atoms with van der Waals surface area (Å²) < 4.78 is 0. The summed E-state index contributed by atoms with van der Waals surface area (Å²) in [5.74, 6) is -1.28. The normalized spacial score (nSPS) is 16.7. The van der Waals surface area contributed by atoms with Gasteiger partial charge in [-0.05, 0) is 25.3 Å². The van der Waals surface area contributed by atoms with E-state index in [1.807, 2.05) is 30.3 Å². The van der Waals surface area contributed by atoms with Crippen LogP contribution in [0.4, 0.5) is 4.79 Å². The fraction of sp³-hybridized carbons (Fsp3) is 0.500. The summed E-state index contributed by atoms with van der Waals surface area (Å²) in [6.45, 7) is 2.02. The SMILES string of the molecule is CC(CC(=O)O)NC(=O)C1(NC(=O)NCc2ccccc2)CCCC1. The van der Waals surface area contributed by atoms with Crippen molar-refractivity contribution >= 4 is 17.9 Å². The van der Waals surface area contributed by atoms with E-state index in [0.717, 1.165) is 18.4 Å². The van der Waals surface area contributed by atoms with Gasteiger partial charge in [0.25, 0.3) is 0 Å². The molecule has 0 saturated heterocycles. The van der Waals surface area contributed by atoms with Gasteiger partial charge in [-0.15, -0.1) is 0 Å². The molecule has 136 valence electrons. The second-order valence-corrected chi connectivity index (χ2v) is 6.55. The van der Waals surface area contributed by atoms with Gasteiger partial charge in [0.05, 0.1) is 6.42 Å². The van der Waals surface area contributed by atoms with Crippen molar-refractivity contribution in [2.24, 2.45) is 0 Å². The van der Waals surface area contributed by atoms with Crippen LogP contribution >= 0.6 is 0 Å². The van der Waals surface area contributed by atoms with E-state index in [9.17, 15) is 14.4 Å². The molecule has 0 aromatic heterocycles. The highest BCUT2D eigenvalue weighted by molar-refractivity contribution is 5.91. The molecule has 25 heavy (non-hydrogen) atoms. The second kappa shape index (κ2) is 8.50. The van der Waals surface area contributed by atoms with Crippen LogP contribution in [-0.2, 0) is 16.1 Å². The van der Waals surface area contributed by atoms with E-state index in [4.69, 9.17) is 5.11 Å². The Kier molecular flexibility index (Phi) is 6.38. The Morgan fingerprint density at radius 3 is 2.40 bits per heavy atom. The van der Waals surface area contributed by atoms with Crippen LogP contribution in [0, 0.1) is 0 Å². The number of benzene rings is 1. The Labute approximate surface area is 147 Å². The topological polar surface area (TPSA) is 108 Å². The van der Waals surface area contributed by atoms with E-state index >= 15 is 0 Å². The van der Waals surface area contributed by atoms with Gasteiger partial charge in [-0.3, -0.25) is 9.59 Å². The molecule has 0 bridgehead atoms. The Balaban J connectivity index is 1.93. The summed E-state index contributed by atoms with van der Waals surface area (Å²) >= 11 is 0. The second-order valence-electron chi connectivity index (χ2n) is 6.55. The fourth-order valence-corrected chi connectivity index (χ4v) is 3.10. The largest absolute Gasteiger partial charge is 0.481 e. The lowest BCUT2D eigenvalue weighted by Crippen LogP contribution is -2.60. The molecule has 7 nitrogen and oxygen atoms in total. The predicted octanol–water partition coefficient (Wildman–Crippen LogP) is 1.78. The van der Waals surface area contributed by atoms with E-state index in [-0.39, 0.29) is 12.3 Å². The molecule has 3 amide bonds. The summed E-state index contributed by atoms with van der Waals surface area (Å²) in [6, 6.07) is 8.62. The Bertz CT molecular complexity index is 612. The summed E-state index contributed by atoms with van der Waals surface area (Å²) in [7, 11) is 0. The van der Waals surface area contributed by atoms with Crippen molar-refractivity contribution in [2.45, 2.75) is 57.2 Å². The van der Waals surface area contributed by atoms with Crippen LogP contribution in [-0.4, -0.2) is 34.6 Å². The van der Waals surface area contributed by atoms with Gasteiger partial charge >= 0.3 is 12.0 Å². The minimum atomic E-state index is -0.971. The average molecular weight is 347 g/mol. The van der Waals surface area contributed by atoms with Crippen LogP contribution in [0.1, 0.15) is 44.6 Å². The van der Waals surface area contributed by atoms with Gasteiger partial charge in [-0.1, -0.05) is 43.2 Å². The van der Waals surface area contributed by atoms with Crippen molar-refractivity contribution in [3.8, 4) is 0 Å². The van der Waals surface area contributed by atoms with E-state index in [1.54, 1.807) is 6.92 Å². The van der Waals surface area contributed by atoms with Gasteiger partial charge in [0, 0.05) is 12.6 Å². The zero-order valence-corrected chi connectivity index (χ0v) is 14.4. The van der Waals surface area contributed by atoms with Crippen LogP contribution in [0.25, 0.3) is 0 Å². The third kappa shape index (κ3) is 5.48. The van der Waals surface area contributed by atoms with Gasteiger partial charge in [-0.25, -0.2) is 4.79 Å². The maximum Gasteiger partial charge on any atom is 0.315 e. The molecule has 0 spiro atoms. The molecule has 0 radical (unpaired) electrons. The molecule has 1 fully saturated rings. The number of carboxylic acids is 1. The number of amides is 3. The van der Waals surface area contributed by atoms with Crippen molar-refractivity contribution < 1.29 is 19.5 Å². The van der Waals surface area contributed by atoms with Gasteiger partial charge in [0.2, 0.25) is 5.91 Å². The number of aliphatic carboxylic acids is 1. The molecule has 4 N–H and O–H groups in total. The number of carboxylic acid groups (broad SMARTS) is 1. The van der Waals surface area contributed by atoms with E-state index in [0.29, 0.717) is 19.4 Å². The first kappa shape index (κ1) is 18.8. The van der Waals surface area contributed by atoms with Crippen LogP contribution in [0.15, 0.2) is 30.3 Å². The summed E-state index contributed by atoms with van der Waals surface area (Å²) in [6.07, 6.45) is 2.65. The van der Waals surface area contributed by atoms with Gasteiger partial charge in [0.15, 0.2) is 0 Å². The Morgan fingerprint density at radius 2 is 1.80 bits per heavy atom. The first-order valence-electron chi connectivity index (χ1n) is 8.54. The molecule has 1 atom stereocenters. The minimum absolute atomic E-state index is 0.151. The number of urea groups is 1. The summed E-state index contributed by atoms with van der Waals surface area (Å²) in [5.41, 5.74) is 0.00530. The smallest absolute Gasteiger partial charge is 0.315 e. The Morgan fingerprint density at radius 1 is 1.16 bits per heavy atom. The predicted molar refractivity (Wildman–Crippen MR) is 92.9 cm³/mol. The molecule has 0 heterocycles. The van der Waals surface area contributed by atoms with Gasteiger partial charge in [0.1, 0.15) is 5.54 Å². The molecule has 7 heteroatoms. The lowest BCUT2D eigenvalue weighted by molar-refractivity contribution is -0.137. The van der Waals surface area contributed by atoms with Crippen LogP contribution < -0.4 is 16.0 Å². The number of nitrogens with one attached hydrogen (secondary N) is 3. The first-order valence-corrected chi connectivity index (χ1v) is 8.54. The zero-order valence-electron chi connectivity index (χ0n) is 14.4. The maximum atomic E-state index is 12.6. The van der Waals surface area contributed by atoms with Crippen molar-refractivity contribution in [3.63, 3.8) is 0 Å². The van der Waals surface area contributed by atoms with E-state index < -0.39 is 23.6 Å². The lowest BCUT2D eigenvalue weighted by atomic mass is 9.96. The minimum Gasteiger partial charge on any atom is -0.481 e. The highest BCUT2D eigenvalue weighted by atomic mass is 16.4. The number of carbonyl (C=O) groups excluding carboxylic acids is 2. The van der Waals surface area contributed by atoms with Crippen LogP contribution in [0.5, 0.6) is 0 Å². The van der Waals surface area contributed by atoms with Crippen molar-refractivity contribution in [3.05, 3.63) is 35.9 Å². The standard InChI is InChI=1S/C18H25N3O4/c1-13(11-15(22)23)20-16(24)18(9-5-6-10-18)21-17(25)19-12-14-7-3-2-4-8-14/h2-4,7-8,13H,5-6,9-12H2,1H3,(H,20,24)(H,22,23)(H2,19,21,25). The average Bonchev–Trinajstić information content (AvgIpc) is 3.03. The van der Waals surface area contributed by atoms with Gasteiger partial charge < -0.3 is 21.1 Å². The number of carbonyl (C=O) groups is 3. The quantitative estimate of drug-likeness (QED) is 0.603. The van der Waals surface area contributed by atoms with E-state index in [2.05, 4.69) is 16.0 Å². The van der Waals surface area contributed by atoms with Gasteiger partial charge in [-0.2, -0.15) is 0 Å². The third-order valence-corrected chi connectivity index (χ3v) is 4.40. The molecule has 1 aromatic rings. The monoisotopic (exact) mass is 347 g/mol. The Hall–Kier alpha value is -2.57. The number of hydrogen-bond acceptors (Lipinski definition) is 3. The van der Waals surface area contributed by atoms with Crippen molar-refractivity contribution in [2.75, 3.05) is 0 Å². The summed E-state index contributed by atoms with van der Waals surface area (Å²) in [5, 5.41) is 17.1. The summed E-state index contributed by atoms with van der Waals surface area (Å²) in [4.78, 5) is 35.6. The number of rotatable bonds is 7. The molecule has 2 rings (SSSR count). The van der Waals surface area contributed by atoms with Crippen LogP contribution in [0.2, 0.25) is 0 Å². The van der Waals surface area contributed by atoms with E-state index in [1.165, 1.54) is 0 Å². The number of hydrogen-bond donors (Lipinski definition) is 4.